The molecule has 0 aliphatic heterocycles. The number of ether oxygens (including phenoxy) is 2. The maximum atomic E-state index is 12.4. The van der Waals surface area contributed by atoms with E-state index in [1.54, 1.807) is 6.92 Å². The van der Waals surface area contributed by atoms with E-state index in [0.717, 1.165) is 0 Å². The molecule has 1 aromatic carbocycles. The minimum absolute atomic E-state index is 0.0405. The Hall–Kier alpha value is -1.32. The summed E-state index contributed by atoms with van der Waals surface area (Å²) in [6.45, 7) is 3.65. The molecule has 0 bridgehead atoms. The molecule has 0 fully saturated rings. The normalized spacial score (nSPS) is 12.6. The summed E-state index contributed by atoms with van der Waals surface area (Å²) in [4.78, 5) is 11.6. The van der Waals surface area contributed by atoms with Crippen LogP contribution in [0.15, 0.2) is 21.5 Å². The van der Waals surface area contributed by atoms with Gasteiger partial charge in [0.2, 0.25) is 15.9 Å². The van der Waals surface area contributed by atoms with Crippen LogP contribution in [0.5, 0.6) is 11.5 Å². The van der Waals surface area contributed by atoms with Crippen LogP contribution in [0.25, 0.3) is 0 Å². The molecule has 0 unspecified atom stereocenters. The number of hydrogen-bond acceptors (Lipinski definition) is 5. The van der Waals surface area contributed by atoms with Gasteiger partial charge in [-0.15, -0.1) is 0 Å². The summed E-state index contributed by atoms with van der Waals surface area (Å²) < 4.78 is 37.7. The van der Waals surface area contributed by atoms with Gasteiger partial charge in [0.15, 0.2) is 11.5 Å². The molecule has 0 spiro atoms. The van der Waals surface area contributed by atoms with Crippen LogP contribution in [0, 0.1) is 0 Å². The summed E-state index contributed by atoms with van der Waals surface area (Å²) in [7, 11) is -1.04. The molecular formula is C13H19BrN2O5S. The van der Waals surface area contributed by atoms with Crippen molar-refractivity contribution in [3.63, 3.8) is 0 Å². The number of nitrogens with one attached hydrogen (secondary N) is 2. The Morgan fingerprint density at radius 1 is 1.27 bits per heavy atom. The maximum absolute atomic E-state index is 12.4. The lowest BCUT2D eigenvalue weighted by molar-refractivity contribution is -0.122. The summed E-state index contributed by atoms with van der Waals surface area (Å²) in [6.07, 6.45) is 0. The van der Waals surface area contributed by atoms with Crippen LogP contribution in [0.2, 0.25) is 0 Å². The van der Waals surface area contributed by atoms with E-state index in [2.05, 4.69) is 26.0 Å². The SMILES string of the molecule is CCNC(=O)[C@H](C)NS(=O)(=O)c1cc(OC)c(OC)cc1Br. The van der Waals surface area contributed by atoms with E-state index in [-0.39, 0.29) is 10.6 Å². The van der Waals surface area contributed by atoms with Gasteiger partial charge >= 0.3 is 0 Å². The largest absolute Gasteiger partial charge is 0.493 e. The summed E-state index contributed by atoms with van der Waals surface area (Å²) >= 11 is 3.19. The Labute approximate surface area is 138 Å². The number of carbonyl (C=O) groups is 1. The standard InChI is InChI=1S/C13H19BrN2O5S/c1-5-15-13(17)8(2)16-22(18,19)12-7-11(21-4)10(20-3)6-9(12)14/h6-8,16H,5H2,1-4H3,(H,15,17)/t8-/m0/s1. The number of carbonyl (C=O) groups excluding carboxylic acids is 1. The number of benzene rings is 1. The highest BCUT2D eigenvalue weighted by molar-refractivity contribution is 9.10. The molecular weight excluding hydrogens is 376 g/mol. The van der Waals surface area contributed by atoms with Crippen LogP contribution >= 0.6 is 15.9 Å². The van der Waals surface area contributed by atoms with Crippen molar-refractivity contribution >= 4 is 31.9 Å². The van der Waals surface area contributed by atoms with Gasteiger partial charge in [0, 0.05) is 17.1 Å². The summed E-state index contributed by atoms with van der Waals surface area (Å²) in [5.74, 6) is 0.268. The van der Waals surface area contributed by atoms with Gasteiger partial charge in [-0.1, -0.05) is 0 Å². The van der Waals surface area contributed by atoms with Crippen molar-refractivity contribution in [2.24, 2.45) is 0 Å². The maximum Gasteiger partial charge on any atom is 0.242 e. The average molecular weight is 395 g/mol. The highest BCUT2D eigenvalue weighted by Gasteiger charge is 2.25. The molecule has 7 nitrogen and oxygen atoms in total. The van der Waals surface area contributed by atoms with Gasteiger partial charge in [0.1, 0.15) is 4.90 Å². The lowest BCUT2D eigenvalue weighted by Gasteiger charge is -2.16. The number of methoxy groups -OCH3 is 2. The van der Waals surface area contributed by atoms with E-state index < -0.39 is 22.0 Å². The molecule has 0 radical (unpaired) electrons. The Morgan fingerprint density at radius 3 is 2.32 bits per heavy atom. The van der Waals surface area contributed by atoms with E-state index in [0.29, 0.717) is 16.8 Å². The number of rotatable bonds is 7. The number of sulfonamides is 1. The third-order valence-electron chi connectivity index (χ3n) is 2.80. The first-order valence-corrected chi connectivity index (χ1v) is 8.76. The zero-order valence-electron chi connectivity index (χ0n) is 12.8. The second kappa shape index (κ2) is 7.80. The first-order valence-electron chi connectivity index (χ1n) is 6.48. The molecule has 22 heavy (non-hydrogen) atoms. The molecule has 1 amide bonds. The van der Waals surface area contributed by atoms with Crippen LogP contribution in [0.3, 0.4) is 0 Å². The van der Waals surface area contributed by atoms with Gasteiger partial charge < -0.3 is 14.8 Å². The van der Waals surface area contributed by atoms with E-state index in [1.165, 1.54) is 33.3 Å². The van der Waals surface area contributed by atoms with Gasteiger partial charge in [-0.25, -0.2) is 8.42 Å². The van der Waals surface area contributed by atoms with Crippen molar-refractivity contribution in [3.8, 4) is 11.5 Å². The van der Waals surface area contributed by atoms with Crippen molar-refractivity contribution in [3.05, 3.63) is 16.6 Å². The lowest BCUT2D eigenvalue weighted by atomic mass is 10.3. The molecule has 0 saturated carbocycles. The van der Waals surface area contributed by atoms with Gasteiger partial charge in [-0.3, -0.25) is 4.79 Å². The monoisotopic (exact) mass is 394 g/mol. The minimum atomic E-state index is -3.90. The summed E-state index contributed by atoms with van der Waals surface area (Å²) in [6, 6.07) is 1.92. The molecule has 0 aliphatic rings. The van der Waals surface area contributed by atoms with E-state index >= 15 is 0 Å². The fourth-order valence-electron chi connectivity index (χ4n) is 1.72. The minimum Gasteiger partial charge on any atom is -0.493 e. The van der Waals surface area contributed by atoms with Gasteiger partial charge in [0.25, 0.3) is 0 Å². The smallest absolute Gasteiger partial charge is 0.242 e. The molecule has 1 aromatic rings. The molecule has 0 saturated heterocycles. The lowest BCUT2D eigenvalue weighted by Crippen LogP contribution is -2.44. The van der Waals surface area contributed by atoms with Crippen LogP contribution < -0.4 is 19.5 Å². The van der Waals surface area contributed by atoms with Crippen LogP contribution in [-0.4, -0.2) is 41.1 Å². The molecule has 124 valence electrons. The zero-order valence-corrected chi connectivity index (χ0v) is 15.2. The Morgan fingerprint density at radius 2 is 1.82 bits per heavy atom. The third kappa shape index (κ3) is 4.34. The summed E-state index contributed by atoms with van der Waals surface area (Å²) in [5, 5.41) is 2.55. The average Bonchev–Trinajstić information content (AvgIpc) is 2.46. The van der Waals surface area contributed by atoms with Crippen molar-refractivity contribution in [2.45, 2.75) is 24.8 Å². The second-order valence-electron chi connectivity index (χ2n) is 4.38. The molecule has 0 aliphatic carbocycles. The first-order chi connectivity index (χ1) is 10.3. The first kappa shape index (κ1) is 18.7. The van der Waals surface area contributed by atoms with Crippen LogP contribution in [0.4, 0.5) is 0 Å². The number of likely N-dealkylation sites (N-methyl/N-ethyl adjacent to an activating group) is 1. The van der Waals surface area contributed by atoms with E-state index in [9.17, 15) is 13.2 Å². The van der Waals surface area contributed by atoms with Crippen molar-refractivity contribution in [2.75, 3.05) is 20.8 Å². The molecule has 9 heteroatoms. The number of amides is 1. The molecule has 2 N–H and O–H groups in total. The fraction of sp³-hybridized carbons (Fsp3) is 0.462. The highest BCUT2D eigenvalue weighted by atomic mass is 79.9. The van der Waals surface area contributed by atoms with Gasteiger partial charge in [0.05, 0.1) is 20.3 Å². The van der Waals surface area contributed by atoms with Gasteiger partial charge in [-0.2, -0.15) is 4.72 Å². The topological polar surface area (TPSA) is 93.7 Å². The molecule has 1 atom stereocenters. The van der Waals surface area contributed by atoms with E-state index in [4.69, 9.17) is 9.47 Å². The summed E-state index contributed by atoms with van der Waals surface area (Å²) in [5.41, 5.74) is 0. The quantitative estimate of drug-likeness (QED) is 0.725. The van der Waals surface area contributed by atoms with Crippen molar-refractivity contribution < 1.29 is 22.7 Å². The predicted octanol–water partition coefficient (Wildman–Crippen LogP) is 1.27. The van der Waals surface area contributed by atoms with Crippen molar-refractivity contribution in [1.29, 1.82) is 0 Å². The fourth-order valence-corrected chi connectivity index (χ4v) is 3.96. The second-order valence-corrected chi connectivity index (χ2v) is 6.91. The van der Waals surface area contributed by atoms with Crippen LogP contribution in [0.1, 0.15) is 13.8 Å². The Bertz CT molecular complexity index is 648. The van der Waals surface area contributed by atoms with Gasteiger partial charge in [-0.05, 0) is 35.8 Å². The predicted molar refractivity (Wildman–Crippen MR) is 85.7 cm³/mol. The van der Waals surface area contributed by atoms with Crippen molar-refractivity contribution in [1.82, 2.24) is 10.0 Å². The zero-order chi connectivity index (χ0) is 16.9. The number of hydrogen-bond donors (Lipinski definition) is 2. The Kier molecular flexibility index (Phi) is 6.64. The third-order valence-corrected chi connectivity index (χ3v) is 5.30. The highest BCUT2D eigenvalue weighted by Crippen LogP contribution is 2.35. The molecule has 0 heterocycles. The molecule has 1 rings (SSSR count). The van der Waals surface area contributed by atoms with E-state index in [1.807, 2.05) is 0 Å². The Balaban J connectivity index is 3.15. The van der Waals surface area contributed by atoms with Crippen LogP contribution in [-0.2, 0) is 14.8 Å². The number of halogens is 1. The molecule has 0 aromatic heterocycles.